The lowest BCUT2D eigenvalue weighted by Crippen LogP contribution is -2.42. The van der Waals surface area contributed by atoms with Crippen molar-refractivity contribution in [2.45, 2.75) is 39.7 Å². The first kappa shape index (κ1) is 25.8. The van der Waals surface area contributed by atoms with Gasteiger partial charge in [-0.15, -0.1) is 0 Å². The predicted molar refractivity (Wildman–Crippen MR) is 136 cm³/mol. The second kappa shape index (κ2) is 9.19. The van der Waals surface area contributed by atoms with Crippen molar-refractivity contribution in [1.29, 1.82) is 0 Å². The summed E-state index contributed by atoms with van der Waals surface area (Å²) in [5, 5.41) is 26.9. The zero-order valence-corrected chi connectivity index (χ0v) is 21.7. The summed E-state index contributed by atoms with van der Waals surface area (Å²) in [7, 11) is 0. The number of carbonyl (C=O) groups is 4. The fraction of sp³-hybridized carbons (Fsp3) is 0.286. The summed E-state index contributed by atoms with van der Waals surface area (Å²) in [4.78, 5) is 51.6. The van der Waals surface area contributed by atoms with Crippen LogP contribution in [0.4, 0.5) is 0 Å². The summed E-state index contributed by atoms with van der Waals surface area (Å²) < 4.78 is 16.4. The van der Waals surface area contributed by atoms with Crippen LogP contribution in [0.2, 0.25) is 0 Å². The summed E-state index contributed by atoms with van der Waals surface area (Å²) in [6.45, 7) is 5.77. The lowest BCUT2D eigenvalue weighted by atomic mass is 9.70. The molecule has 1 atom stereocenters. The van der Waals surface area contributed by atoms with Gasteiger partial charge in [0.15, 0.2) is 28.8 Å². The fourth-order valence-corrected chi connectivity index (χ4v) is 4.98. The van der Waals surface area contributed by atoms with E-state index in [-0.39, 0.29) is 65.3 Å². The molecule has 11 nitrogen and oxygen atoms in total. The van der Waals surface area contributed by atoms with Gasteiger partial charge >= 0.3 is 0 Å². The number of ether oxygens (including phenoxy) is 3. The molecule has 2 heterocycles. The van der Waals surface area contributed by atoms with Crippen LogP contribution in [0.3, 0.4) is 0 Å². The zero-order valence-electron chi connectivity index (χ0n) is 21.7. The molecule has 11 heteroatoms. The van der Waals surface area contributed by atoms with Crippen molar-refractivity contribution in [3.05, 3.63) is 63.6 Å². The molecule has 5 rings (SSSR count). The van der Waals surface area contributed by atoms with E-state index in [4.69, 9.17) is 14.2 Å². The molecule has 1 aliphatic carbocycles. The number of aromatic hydroxyl groups is 2. The first-order chi connectivity index (χ1) is 18.4. The number of hydrogen-bond donors (Lipinski definition) is 4. The van der Waals surface area contributed by atoms with Crippen LogP contribution in [-0.4, -0.2) is 46.8 Å². The van der Waals surface area contributed by atoms with Crippen molar-refractivity contribution in [3.8, 4) is 28.7 Å². The van der Waals surface area contributed by atoms with Crippen LogP contribution in [0.1, 0.15) is 47.8 Å². The highest BCUT2D eigenvalue weighted by Gasteiger charge is 2.56. The first-order valence-corrected chi connectivity index (χ1v) is 12.1. The zero-order chi connectivity index (χ0) is 28.2. The third kappa shape index (κ3) is 3.97. The van der Waals surface area contributed by atoms with Crippen LogP contribution >= 0.6 is 0 Å². The number of phenols is 2. The molecule has 0 spiro atoms. The van der Waals surface area contributed by atoms with Crippen LogP contribution in [0.25, 0.3) is 0 Å². The van der Waals surface area contributed by atoms with Crippen molar-refractivity contribution in [2.24, 2.45) is 0 Å². The molecule has 0 fully saturated rings. The van der Waals surface area contributed by atoms with Crippen molar-refractivity contribution in [2.75, 3.05) is 13.3 Å². The highest BCUT2D eigenvalue weighted by atomic mass is 16.7. The van der Waals surface area contributed by atoms with Crippen molar-refractivity contribution in [3.63, 3.8) is 0 Å². The van der Waals surface area contributed by atoms with Gasteiger partial charge in [0.05, 0.1) is 17.7 Å². The lowest BCUT2D eigenvalue weighted by Gasteiger charge is -2.29. The van der Waals surface area contributed by atoms with Crippen molar-refractivity contribution >= 4 is 23.3 Å². The van der Waals surface area contributed by atoms with E-state index in [0.717, 1.165) is 11.6 Å². The van der Waals surface area contributed by atoms with Gasteiger partial charge in [0.2, 0.25) is 12.7 Å². The minimum atomic E-state index is -1.63. The molecule has 2 aromatic carbocycles. The molecule has 39 heavy (non-hydrogen) atoms. The molecule has 0 saturated carbocycles. The maximum Gasteiger partial charge on any atom is 0.239 e. The lowest BCUT2D eigenvalue weighted by molar-refractivity contribution is -0.124. The molecule has 202 valence electrons. The Bertz CT molecular complexity index is 1550. The maximum atomic E-state index is 13.8. The van der Waals surface area contributed by atoms with Crippen LogP contribution in [-0.2, 0) is 26.3 Å². The van der Waals surface area contributed by atoms with Gasteiger partial charge in [0.25, 0.3) is 0 Å². The molecule has 2 aromatic rings. The molecule has 0 radical (unpaired) electrons. The Morgan fingerprint density at radius 1 is 1.05 bits per heavy atom. The van der Waals surface area contributed by atoms with Gasteiger partial charge in [0.1, 0.15) is 34.0 Å². The van der Waals surface area contributed by atoms with E-state index < -0.39 is 34.3 Å². The number of allylic oxidation sites excluding steroid dienone is 4. The molecular weight excluding hydrogens is 508 g/mol. The van der Waals surface area contributed by atoms with E-state index in [1.54, 1.807) is 18.2 Å². The number of nitrogens with one attached hydrogen (secondary N) is 2. The number of phenolic OH excluding ortho intramolecular Hbond substituents is 2. The second-order valence-corrected chi connectivity index (χ2v) is 9.70. The molecule has 4 N–H and O–H groups in total. The van der Waals surface area contributed by atoms with Crippen LogP contribution < -0.4 is 24.8 Å². The minimum Gasteiger partial charge on any atom is -0.507 e. The van der Waals surface area contributed by atoms with Crippen LogP contribution in [0.15, 0.2) is 41.3 Å². The summed E-state index contributed by atoms with van der Waals surface area (Å²) >= 11 is 0. The monoisotopic (exact) mass is 534 g/mol. The average molecular weight is 535 g/mol. The topological polar surface area (TPSA) is 160 Å². The van der Waals surface area contributed by atoms with Gasteiger partial charge in [-0.3, -0.25) is 19.2 Å². The third-order valence-electron chi connectivity index (χ3n) is 7.20. The molecule has 0 bridgehead atoms. The molecule has 0 unspecified atom stereocenters. The Morgan fingerprint density at radius 2 is 1.77 bits per heavy atom. The van der Waals surface area contributed by atoms with Gasteiger partial charge in [-0.1, -0.05) is 6.07 Å². The Kier molecular flexibility index (Phi) is 6.09. The molecule has 2 aliphatic heterocycles. The van der Waals surface area contributed by atoms with Gasteiger partial charge in [0, 0.05) is 23.9 Å². The minimum absolute atomic E-state index is 0.00137. The summed E-state index contributed by atoms with van der Waals surface area (Å²) in [6.07, 6.45) is 1.12. The summed E-state index contributed by atoms with van der Waals surface area (Å²) in [5.74, 6) is -2.10. The van der Waals surface area contributed by atoms with E-state index in [0.29, 0.717) is 11.5 Å². The van der Waals surface area contributed by atoms with Crippen molar-refractivity contribution in [1.82, 2.24) is 10.6 Å². The average Bonchev–Trinajstić information content (AvgIpc) is 3.47. The Balaban J connectivity index is 1.37. The molecule has 3 aliphatic rings. The molecule has 1 amide bonds. The van der Waals surface area contributed by atoms with Gasteiger partial charge < -0.3 is 35.1 Å². The van der Waals surface area contributed by atoms with E-state index in [1.807, 2.05) is 0 Å². The Hall–Kier alpha value is -4.80. The van der Waals surface area contributed by atoms with Gasteiger partial charge in [-0.05, 0) is 45.4 Å². The molecule has 0 aromatic heterocycles. The highest BCUT2D eigenvalue weighted by Crippen LogP contribution is 2.57. The standard InChI is InChI=1S/C28H26N2O9/c1-12-24(34)22(14(3)31)26-23(25(12)35)28(4)19(39-26)8-16(32)21(27(28)36)13(2)29-10-20(33)30-9-15-5-6-17-18(7-15)38-11-37-17/h5-8,29,34-35H,9-11H2,1-4H3,(H,30,33)/b21-13+/t28-/m0/s1. The number of fused-ring (bicyclic) bond motifs is 4. The van der Waals surface area contributed by atoms with Gasteiger partial charge in [-0.25, -0.2) is 0 Å². The van der Waals surface area contributed by atoms with E-state index in [9.17, 15) is 29.4 Å². The van der Waals surface area contributed by atoms with E-state index in [2.05, 4.69) is 10.6 Å². The number of benzene rings is 2. The third-order valence-corrected chi connectivity index (χ3v) is 7.20. The second-order valence-electron chi connectivity index (χ2n) is 9.70. The predicted octanol–water partition coefficient (Wildman–Crippen LogP) is 2.20. The quantitative estimate of drug-likeness (QED) is 0.246. The van der Waals surface area contributed by atoms with Crippen molar-refractivity contribution < 1.29 is 43.6 Å². The SMILES string of the molecule is CC(=O)c1c(O)c(C)c(O)c2c1OC1=CC(=O)/C(=C(/C)NCC(=O)NCc3ccc4c(c3)OCO4)C(=O)[C@@]12C. The molecule has 0 saturated heterocycles. The maximum absolute atomic E-state index is 13.8. The van der Waals surface area contributed by atoms with Crippen LogP contribution in [0, 0.1) is 6.92 Å². The smallest absolute Gasteiger partial charge is 0.239 e. The summed E-state index contributed by atoms with van der Waals surface area (Å²) in [5.41, 5.74) is -1.05. The Labute approximate surface area is 223 Å². The fourth-order valence-electron chi connectivity index (χ4n) is 4.98. The number of amides is 1. The van der Waals surface area contributed by atoms with Crippen LogP contribution in [0.5, 0.6) is 28.7 Å². The highest BCUT2D eigenvalue weighted by molar-refractivity contribution is 6.31. The first-order valence-electron chi connectivity index (χ1n) is 12.1. The number of ketones is 3. The number of carbonyl (C=O) groups excluding carboxylic acids is 4. The van der Waals surface area contributed by atoms with E-state index in [1.165, 1.54) is 27.7 Å². The summed E-state index contributed by atoms with van der Waals surface area (Å²) in [6, 6.07) is 5.32. The number of rotatable bonds is 6. The largest absolute Gasteiger partial charge is 0.507 e. The molecular formula is C28H26N2O9. The Morgan fingerprint density at radius 3 is 2.49 bits per heavy atom. The number of Topliss-reactive ketones (excluding diaryl/α,β-unsaturated/α-hetero) is 2. The normalized spacial score (nSPS) is 20.1. The van der Waals surface area contributed by atoms with E-state index >= 15 is 0 Å². The number of hydrogen-bond acceptors (Lipinski definition) is 10. The van der Waals surface area contributed by atoms with Gasteiger partial charge in [-0.2, -0.15) is 0 Å².